The molecule has 0 atom stereocenters. The Balaban J connectivity index is 1.67. The van der Waals surface area contributed by atoms with E-state index >= 15 is 0 Å². The number of rotatable bonds is 8. The van der Waals surface area contributed by atoms with E-state index in [2.05, 4.69) is 22.1 Å². The molecule has 1 amide bonds. The van der Waals surface area contributed by atoms with Crippen molar-refractivity contribution in [3.8, 4) is 11.4 Å². The summed E-state index contributed by atoms with van der Waals surface area (Å²) in [7, 11) is 0. The van der Waals surface area contributed by atoms with Gasteiger partial charge in [0.15, 0.2) is 11.0 Å². The topological polar surface area (TPSA) is 59.8 Å². The summed E-state index contributed by atoms with van der Waals surface area (Å²) >= 11 is 7.32. The maximum atomic E-state index is 14.1. The second-order valence-electron chi connectivity index (χ2n) is 5.84. The zero-order valence-corrected chi connectivity index (χ0v) is 16.5. The average molecular weight is 417 g/mol. The lowest BCUT2D eigenvalue weighted by atomic mass is 10.2. The van der Waals surface area contributed by atoms with Crippen molar-refractivity contribution in [3.05, 3.63) is 77.6 Å². The third kappa shape index (κ3) is 4.79. The van der Waals surface area contributed by atoms with Crippen molar-refractivity contribution in [2.24, 2.45) is 0 Å². The summed E-state index contributed by atoms with van der Waals surface area (Å²) in [5.74, 6) is 0.00789. The fourth-order valence-electron chi connectivity index (χ4n) is 2.55. The first-order valence-corrected chi connectivity index (χ1v) is 9.88. The van der Waals surface area contributed by atoms with E-state index in [0.29, 0.717) is 34.7 Å². The molecule has 0 aliphatic heterocycles. The third-order valence-electron chi connectivity index (χ3n) is 3.91. The molecule has 1 aromatic heterocycles. The number of carbonyl (C=O) groups is 1. The minimum atomic E-state index is -0.380. The van der Waals surface area contributed by atoms with Crippen LogP contribution in [0.25, 0.3) is 11.4 Å². The molecule has 3 rings (SSSR count). The number of nitrogens with zero attached hydrogens (tertiary/aromatic N) is 3. The smallest absolute Gasteiger partial charge is 0.230 e. The highest BCUT2D eigenvalue weighted by molar-refractivity contribution is 7.99. The van der Waals surface area contributed by atoms with Crippen molar-refractivity contribution in [1.82, 2.24) is 20.1 Å². The first-order valence-electron chi connectivity index (χ1n) is 8.52. The molecular weight excluding hydrogens is 399 g/mol. The number of thioether (sulfide) groups is 1. The van der Waals surface area contributed by atoms with Crippen LogP contribution in [0.3, 0.4) is 0 Å². The van der Waals surface area contributed by atoms with Gasteiger partial charge in [-0.3, -0.25) is 9.36 Å². The van der Waals surface area contributed by atoms with Crippen LogP contribution in [-0.4, -0.2) is 26.4 Å². The quantitative estimate of drug-likeness (QED) is 0.438. The number of nitrogens with one attached hydrogen (secondary N) is 1. The van der Waals surface area contributed by atoms with E-state index in [1.54, 1.807) is 34.9 Å². The predicted octanol–water partition coefficient (Wildman–Crippen LogP) is 4.33. The molecule has 0 bridgehead atoms. The normalized spacial score (nSPS) is 10.6. The van der Waals surface area contributed by atoms with Gasteiger partial charge in [0, 0.05) is 18.1 Å². The Kier molecular flexibility index (Phi) is 6.84. The van der Waals surface area contributed by atoms with Crippen LogP contribution in [0.4, 0.5) is 4.39 Å². The minimum absolute atomic E-state index is 0.150. The molecule has 0 aliphatic rings. The average Bonchev–Trinajstić information content (AvgIpc) is 3.09. The highest BCUT2D eigenvalue weighted by atomic mass is 35.5. The second-order valence-corrected chi connectivity index (χ2v) is 7.19. The number of carbonyl (C=O) groups excluding carboxylic acids is 1. The lowest BCUT2D eigenvalue weighted by Crippen LogP contribution is -2.24. The molecule has 0 saturated carbocycles. The largest absolute Gasteiger partial charge is 0.351 e. The van der Waals surface area contributed by atoms with Gasteiger partial charge in [0.05, 0.1) is 11.3 Å². The zero-order chi connectivity index (χ0) is 19.9. The number of benzene rings is 2. The molecule has 2 aromatic carbocycles. The van der Waals surface area contributed by atoms with E-state index in [1.807, 2.05) is 18.2 Å². The van der Waals surface area contributed by atoms with E-state index in [4.69, 9.17) is 11.6 Å². The van der Waals surface area contributed by atoms with Gasteiger partial charge in [0.2, 0.25) is 5.91 Å². The third-order valence-corrected chi connectivity index (χ3v) is 5.24. The van der Waals surface area contributed by atoms with Crippen LogP contribution >= 0.6 is 23.4 Å². The number of allylic oxidation sites excluding steroid dienone is 1. The van der Waals surface area contributed by atoms with E-state index in [9.17, 15) is 9.18 Å². The van der Waals surface area contributed by atoms with Gasteiger partial charge in [0.1, 0.15) is 5.82 Å². The number of hydrogen-bond acceptors (Lipinski definition) is 4. The van der Waals surface area contributed by atoms with Crippen molar-refractivity contribution in [1.29, 1.82) is 0 Å². The summed E-state index contributed by atoms with van der Waals surface area (Å²) in [6, 6.07) is 13.7. The molecule has 0 saturated heterocycles. The SMILES string of the molecule is C=CCn1c(SCC(=O)NCc2ccccc2Cl)nnc1-c1ccccc1F. The van der Waals surface area contributed by atoms with E-state index in [-0.39, 0.29) is 17.5 Å². The first-order chi connectivity index (χ1) is 13.6. The second kappa shape index (κ2) is 9.52. The molecule has 0 fully saturated rings. The molecule has 0 unspecified atom stereocenters. The molecule has 144 valence electrons. The van der Waals surface area contributed by atoms with Crippen molar-refractivity contribution >= 4 is 29.3 Å². The number of halogens is 2. The van der Waals surface area contributed by atoms with E-state index in [1.165, 1.54) is 17.8 Å². The van der Waals surface area contributed by atoms with E-state index in [0.717, 1.165) is 5.56 Å². The van der Waals surface area contributed by atoms with Gasteiger partial charge in [-0.25, -0.2) is 4.39 Å². The minimum Gasteiger partial charge on any atom is -0.351 e. The molecule has 0 radical (unpaired) electrons. The molecule has 3 aromatic rings. The number of aromatic nitrogens is 3. The molecule has 0 aliphatic carbocycles. The highest BCUT2D eigenvalue weighted by Crippen LogP contribution is 2.26. The molecule has 28 heavy (non-hydrogen) atoms. The van der Waals surface area contributed by atoms with Crippen molar-refractivity contribution in [2.45, 2.75) is 18.2 Å². The molecular formula is C20H18ClFN4OS. The summed E-state index contributed by atoms with van der Waals surface area (Å²) in [6.45, 7) is 4.48. The Bertz CT molecular complexity index is 992. The summed E-state index contributed by atoms with van der Waals surface area (Å²) in [4.78, 5) is 12.2. The Morgan fingerprint density at radius 1 is 1.21 bits per heavy atom. The molecule has 1 heterocycles. The van der Waals surface area contributed by atoms with Gasteiger partial charge >= 0.3 is 0 Å². The molecule has 5 nitrogen and oxygen atoms in total. The van der Waals surface area contributed by atoms with Crippen LogP contribution in [0, 0.1) is 5.82 Å². The van der Waals surface area contributed by atoms with Gasteiger partial charge in [0.25, 0.3) is 0 Å². The summed E-state index contributed by atoms with van der Waals surface area (Å²) < 4.78 is 15.9. The van der Waals surface area contributed by atoms with Crippen LogP contribution in [0.2, 0.25) is 5.02 Å². The van der Waals surface area contributed by atoms with Crippen LogP contribution < -0.4 is 5.32 Å². The maximum absolute atomic E-state index is 14.1. The van der Waals surface area contributed by atoms with Crippen molar-refractivity contribution in [3.63, 3.8) is 0 Å². The van der Waals surface area contributed by atoms with Crippen LogP contribution in [0.1, 0.15) is 5.56 Å². The molecule has 1 N–H and O–H groups in total. The zero-order valence-electron chi connectivity index (χ0n) is 14.9. The Morgan fingerprint density at radius 3 is 2.71 bits per heavy atom. The Labute approximate surface area is 171 Å². The fraction of sp³-hybridized carbons (Fsp3) is 0.150. The first kappa shape index (κ1) is 20.1. The monoisotopic (exact) mass is 416 g/mol. The highest BCUT2D eigenvalue weighted by Gasteiger charge is 2.17. The standard InChI is InChI=1S/C20H18ClFN4OS/c1-2-11-26-19(15-8-4-6-10-17(15)22)24-25-20(26)28-13-18(27)23-12-14-7-3-5-9-16(14)21/h2-10H,1,11-13H2,(H,23,27). The predicted molar refractivity (Wildman–Crippen MR) is 110 cm³/mol. The van der Waals surface area contributed by atoms with Gasteiger partial charge < -0.3 is 5.32 Å². The summed E-state index contributed by atoms with van der Waals surface area (Å²) in [5, 5.41) is 12.2. The Hall–Kier alpha value is -2.64. The van der Waals surface area contributed by atoms with Crippen LogP contribution in [0.5, 0.6) is 0 Å². The van der Waals surface area contributed by atoms with Gasteiger partial charge in [-0.2, -0.15) is 0 Å². The molecule has 8 heteroatoms. The van der Waals surface area contributed by atoms with Crippen LogP contribution in [-0.2, 0) is 17.9 Å². The van der Waals surface area contributed by atoms with Gasteiger partial charge in [-0.15, -0.1) is 16.8 Å². The summed E-state index contributed by atoms with van der Waals surface area (Å²) in [5.41, 5.74) is 1.20. The molecule has 0 spiro atoms. The maximum Gasteiger partial charge on any atom is 0.230 e. The lowest BCUT2D eigenvalue weighted by molar-refractivity contribution is -0.118. The lowest BCUT2D eigenvalue weighted by Gasteiger charge is -2.09. The van der Waals surface area contributed by atoms with Crippen LogP contribution in [0.15, 0.2) is 66.3 Å². The van der Waals surface area contributed by atoms with E-state index < -0.39 is 0 Å². The fourth-order valence-corrected chi connectivity index (χ4v) is 3.53. The van der Waals surface area contributed by atoms with Crippen molar-refractivity contribution < 1.29 is 9.18 Å². The summed E-state index contributed by atoms with van der Waals surface area (Å²) in [6.07, 6.45) is 1.68. The number of amides is 1. The number of hydrogen-bond donors (Lipinski definition) is 1. The van der Waals surface area contributed by atoms with Gasteiger partial charge in [-0.1, -0.05) is 59.8 Å². The van der Waals surface area contributed by atoms with Gasteiger partial charge in [-0.05, 0) is 23.8 Å². The van der Waals surface area contributed by atoms with Crippen molar-refractivity contribution in [2.75, 3.05) is 5.75 Å². The Morgan fingerprint density at radius 2 is 1.96 bits per heavy atom.